The monoisotopic (exact) mass is 700 g/mol. The fourth-order valence-electron chi connectivity index (χ4n) is 5.53. The topological polar surface area (TPSA) is 126 Å². The highest BCUT2D eigenvalue weighted by molar-refractivity contribution is 7.89. The molecule has 4 heterocycles. The van der Waals surface area contributed by atoms with Gasteiger partial charge in [-0.25, -0.2) is 8.42 Å². The van der Waals surface area contributed by atoms with Crippen molar-refractivity contribution in [3.63, 3.8) is 0 Å². The number of ether oxygens (including phenoxy) is 1. The van der Waals surface area contributed by atoms with E-state index >= 15 is 0 Å². The van der Waals surface area contributed by atoms with E-state index in [1.807, 2.05) is 23.6 Å². The zero-order valence-corrected chi connectivity index (χ0v) is 29.2. The highest BCUT2D eigenvalue weighted by atomic mass is 32.2. The predicted octanol–water partition coefficient (Wildman–Crippen LogP) is 4.57. The number of amides is 1. The van der Waals surface area contributed by atoms with Gasteiger partial charge in [-0.2, -0.15) is 17.5 Å². The normalized spacial score (nSPS) is 20.6. The van der Waals surface area contributed by atoms with Crippen molar-refractivity contribution in [3.8, 4) is 10.8 Å². The first kappa shape index (κ1) is 33.2. The number of aromatic nitrogens is 5. The van der Waals surface area contributed by atoms with Crippen LogP contribution < -0.4 is 4.90 Å². The van der Waals surface area contributed by atoms with Crippen molar-refractivity contribution in [1.82, 2.24) is 34.0 Å². The fourth-order valence-corrected chi connectivity index (χ4v) is 8.56. The van der Waals surface area contributed by atoms with Gasteiger partial charge in [0.05, 0.1) is 5.69 Å². The van der Waals surface area contributed by atoms with Crippen LogP contribution >= 0.6 is 11.3 Å². The van der Waals surface area contributed by atoms with Gasteiger partial charge in [-0.3, -0.25) is 9.20 Å². The number of pyridine rings is 1. The van der Waals surface area contributed by atoms with Gasteiger partial charge in [0.25, 0.3) is 0 Å². The predicted molar refractivity (Wildman–Crippen MR) is 169 cm³/mol. The van der Waals surface area contributed by atoms with Crippen LogP contribution in [0.25, 0.3) is 16.5 Å². The Balaban J connectivity index is 1.38. The number of carbonyl (C=O) groups excluding carboxylic acids is 1. The van der Waals surface area contributed by atoms with Crippen molar-refractivity contribution in [3.05, 3.63) is 17.3 Å². The number of hydrogen-bond donors (Lipinski definition) is 0. The Labute approximate surface area is 271 Å². The molecular formula is C28H39F3N8O4S2Si. The Morgan fingerprint density at radius 3 is 2.46 bits per heavy atom. The maximum absolute atomic E-state index is 14.3. The number of anilines is 1. The molecule has 1 amide bonds. The summed E-state index contributed by atoms with van der Waals surface area (Å²) in [5.74, 6) is 0.0750. The van der Waals surface area contributed by atoms with Crippen molar-refractivity contribution < 1.29 is 31.1 Å². The second-order valence-electron chi connectivity index (χ2n) is 14.0. The number of alkyl halides is 3. The number of rotatable bonds is 11. The molecule has 46 heavy (non-hydrogen) atoms. The molecule has 0 radical (unpaired) electrons. The van der Waals surface area contributed by atoms with Gasteiger partial charge in [0, 0.05) is 58.0 Å². The molecule has 3 aromatic rings. The van der Waals surface area contributed by atoms with E-state index < -0.39 is 29.3 Å². The second kappa shape index (κ2) is 11.8. The van der Waals surface area contributed by atoms with Crippen molar-refractivity contribution in [2.45, 2.75) is 88.4 Å². The van der Waals surface area contributed by atoms with E-state index in [0.29, 0.717) is 56.1 Å². The molecule has 0 bridgehead atoms. The first-order valence-electron chi connectivity index (χ1n) is 15.4. The molecule has 3 aromatic heterocycles. The summed E-state index contributed by atoms with van der Waals surface area (Å²) in [5.41, 5.74) is 0.399. The van der Waals surface area contributed by atoms with Gasteiger partial charge in [-0.05, 0) is 44.7 Å². The van der Waals surface area contributed by atoms with Crippen LogP contribution in [0.4, 0.5) is 18.9 Å². The average molecular weight is 701 g/mol. The third-order valence-corrected chi connectivity index (χ3v) is 13.3. The molecule has 3 aliphatic rings. The molecule has 2 aliphatic carbocycles. The highest BCUT2D eigenvalue weighted by Gasteiger charge is 2.49. The lowest BCUT2D eigenvalue weighted by Gasteiger charge is -2.42. The minimum atomic E-state index is -4.69. The number of hydrogen-bond acceptors (Lipinski definition) is 10. The summed E-state index contributed by atoms with van der Waals surface area (Å²) < 4.78 is 77.3. The molecule has 1 aliphatic heterocycles. The van der Waals surface area contributed by atoms with E-state index in [-0.39, 0.29) is 51.5 Å². The maximum Gasteiger partial charge on any atom is 0.445 e. The number of sulfonamides is 1. The van der Waals surface area contributed by atoms with Crippen molar-refractivity contribution >= 4 is 46.7 Å². The lowest BCUT2D eigenvalue weighted by atomic mass is 10.1. The summed E-state index contributed by atoms with van der Waals surface area (Å²) in [5, 5.41) is 14.2. The number of nitrogens with zero attached hydrogens (tertiary/aromatic N) is 8. The van der Waals surface area contributed by atoms with Crippen LogP contribution in [0, 0.1) is 5.41 Å². The molecule has 0 spiro atoms. The molecule has 1 atom stereocenters. The summed E-state index contributed by atoms with van der Waals surface area (Å²) in [4.78, 5) is 16.9. The van der Waals surface area contributed by atoms with Crippen LogP contribution in [-0.2, 0) is 25.7 Å². The van der Waals surface area contributed by atoms with Crippen LogP contribution in [0.5, 0.6) is 0 Å². The van der Waals surface area contributed by atoms with E-state index in [1.54, 1.807) is 6.07 Å². The third kappa shape index (κ3) is 6.68. The quantitative estimate of drug-likeness (QED) is 0.161. The van der Waals surface area contributed by atoms with Crippen molar-refractivity contribution in [2.24, 2.45) is 5.41 Å². The lowest BCUT2D eigenvalue weighted by Crippen LogP contribution is -2.55. The summed E-state index contributed by atoms with van der Waals surface area (Å²) in [7, 11) is -5.51. The molecule has 0 N–H and O–H groups in total. The summed E-state index contributed by atoms with van der Waals surface area (Å²) >= 11 is 0.311. The molecule has 0 aromatic carbocycles. The minimum absolute atomic E-state index is 0.0471. The molecule has 18 heteroatoms. The first-order valence-corrected chi connectivity index (χ1v) is 21.4. The van der Waals surface area contributed by atoms with Crippen LogP contribution in [-0.4, -0.2) is 101 Å². The smallest absolute Gasteiger partial charge is 0.365 e. The second-order valence-corrected chi connectivity index (χ2v) is 22.5. The average Bonchev–Trinajstić information content (AvgIpc) is 3.84. The Bertz CT molecular complexity index is 1730. The lowest BCUT2D eigenvalue weighted by molar-refractivity contribution is -0.139. The Kier molecular flexibility index (Phi) is 8.51. The molecule has 252 valence electrons. The fraction of sp³-hybridized carbons (Fsp3) is 0.679. The van der Waals surface area contributed by atoms with Crippen molar-refractivity contribution in [1.29, 1.82) is 0 Å². The van der Waals surface area contributed by atoms with Crippen LogP contribution in [0.15, 0.2) is 17.2 Å². The zero-order valence-electron chi connectivity index (χ0n) is 26.5. The Morgan fingerprint density at radius 2 is 1.87 bits per heavy atom. The van der Waals surface area contributed by atoms with E-state index in [2.05, 4.69) is 40.0 Å². The number of carbonyl (C=O) groups is 1. The van der Waals surface area contributed by atoms with E-state index in [9.17, 15) is 26.4 Å². The van der Waals surface area contributed by atoms with E-state index in [4.69, 9.17) is 4.74 Å². The van der Waals surface area contributed by atoms with Crippen LogP contribution in [0.2, 0.25) is 25.7 Å². The maximum atomic E-state index is 14.3. The SMILES string of the molecule is C[C@@H]1CN(c2cc(S(=O)(=O)N(COCC[Si](C)(C)C)C3CC3)cn3c(-c4nnc(C(F)(F)F)s4)nnc23)CCN1C(=O)C1(C)CC1. The summed E-state index contributed by atoms with van der Waals surface area (Å²) in [6.07, 6.45) is -0.207. The molecule has 12 nitrogen and oxygen atoms in total. The Hall–Kier alpha value is -2.67. The van der Waals surface area contributed by atoms with Gasteiger partial charge in [-0.1, -0.05) is 37.9 Å². The molecular weight excluding hydrogens is 662 g/mol. The molecule has 6 rings (SSSR count). The number of fused-ring (bicyclic) bond motifs is 1. The highest BCUT2D eigenvalue weighted by Crippen LogP contribution is 2.47. The van der Waals surface area contributed by atoms with Crippen LogP contribution in [0.3, 0.4) is 0 Å². The Morgan fingerprint density at radius 1 is 1.15 bits per heavy atom. The van der Waals surface area contributed by atoms with E-state index in [1.165, 1.54) is 14.9 Å². The molecule has 2 saturated carbocycles. The van der Waals surface area contributed by atoms with Gasteiger partial charge in [-0.15, -0.1) is 20.4 Å². The van der Waals surface area contributed by atoms with E-state index in [0.717, 1.165) is 18.9 Å². The molecule has 1 saturated heterocycles. The summed E-state index contributed by atoms with van der Waals surface area (Å²) in [6.45, 7) is 12.2. The van der Waals surface area contributed by atoms with Gasteiger partial charge in [0.2, 0.25) is 20.9 Å². The van der Waals surface area contributed by atoms with Crippen LogP contribution in [0.1, 0.15) is 44.5 Å². The standard InChI is InChI=1S/C28H39F3N8O4S2Si/c1-18-15-36(10-11-37(18)26(40)27(2)8-9-27)21-14-20(45(41,42)39(19-6-7-19)17-43-12-13-46(3,4)5)16-38-22(21)32-33-23(38)24-34-35-25(44-24)28(29,30)31/h14,16,18-19H,6-13,15,17H2,1-5H3/t18-/m1/s1. The molecule has 0 unspecified atom stereocenters. The third-order valence-electron chi connectivity index (χ3n) is 8.84. The zero-order chi connectivity index (χ0) is 33.2. The number of piperazine rings is 1. The largest absolute Gasteiger partial charge is 0.445 e. The minimum Gasteiger partial charge on any atom is -0.365 e. The molecule has 3 fully saturated rings. The van der Waals surface area contributed by atoms with Crippen molar-refractivity contribution in [2.75, 3.05) is 37.9 Å². The van der Waals surface area contributed by atoms with Gasteiger partial charge < -0.3 is 14.5 Å². The van der Waals surface area contributed by atoms with Gasteiger partial charge in [0.1, 0.15) is 11.6 Å². The van der Waals surface area contributed by atoms with Gasteiger partial charge >= 0.3 is 6.18 Å². The van der Waals surface area contributed by atoms with Gasteiger partial charge in [0.15, 0.2) is 16.5 Å². The first-order chi connectivity index (χ1) is 21.5. The number of halogens is 3. The summed E-state index contributed by atoms with van der Waals surface area (Å²) in [6, 6.07) is 2.07.